The lowest BCUT2D eigenvalue weighted by Gasteiger charge is -2.22. The third-order valence-electron chi connectivity index (χ3n) is 2.62. The van der Waals surface area contributed by atoms with Crippen LogP contribution >= 0.6 is 0 Å². The van der Waals surface area contributed by atoms with Gasteiger partial charge < -0.3 is 20.1 Å². The van der Waals surface area contributed by atoms with Gasteiger partial charge in [0.05, 0.1) is 6.61 Å². The number of amides is 1. The molecule has 0 aliphatic heterocycles. The SMILES string of the molecule is COCCCN(CCOC)C(=O)c1cccc(N)n1. The topological polar surface area (TPSA) is 77.7 Å². The van der Waals surface area contributed by atoms with Gasteiger partial charge in [0.1, 0.15) is 11.5 Å². The summed E-state index contributed by atoms with van der Waals surface area (Å²) in [6.07, 6.45) is 0.772. The highest BCUT2D eigenvalue weighted by molar-refractivity contribution is 5.92. The van der Waals surface area contributed by atoms with Gasteiger partial charge in [-0.1, -0.05) is 6.07 Å². The molecule has 0 saturated heterocycles. The van der Waals surface area contributed by atoms with Crippen molar-refractivity contribution < 1.29 is 14.3 Å². The minimum Gasteiger partial charge on any atom is -0.385 e. The van der Waals surface area contributed by atoms with Crippen LogP contribution in [-0.2, 0) is 9.47 Å². The second kappa shape index (κ2) is 8.44. The summed E-state index contributed by atoms with van der Waals surface area (Å²) in [7, 11) is 3.25. The Kier molecular flexibility index (Phi) is 6.84. The fourth-order valence-electron chi connectivity index (χ4n) is 1.65. The summed E-state index contributed by atoms with van der Waals surface area (Å²) in [5, 5.41) is 0. The summed E-state index contributed by atoms with van der Waals surface area (Å²) in [5.74, 6) is 0.204. The standard InChI is InChI=1S/C13H21N3O3/c1-18-9-4-7-16(8-10-19-2)13(17)11-5-3-6-12(14)15-11/h3,5-6H,4,7-10H2,1-2H3,(H2,14,15). The number of nitrogen functional groups attached to an aromatic ring is 1. The maximum absolute atomic E-state index is 12.3. The predicted molar refractivity (Wildman–Crippen MR) is 72.9 cm³/mol. The zero-order valence-corrected chi connectivity index (χ0v) is 11.5. The van der Waals surface area contributed by atoms with Crippen LogP contribution in [0.4, 0.5) is 5.82 Å². The molecule has 1 aromatic heterocycles. The van der Waals surface area contributed by atoms with E-state index in [1.807, 2.05) is 0 Å². The van der Waals surface area contributed by atoms with Crippen LogP contribution in [0, 0.1) is 0 Å². The second-order valence-electron chi connectivity index (χ2n) is 4.08. The second-order valence-corrected chi connectivity index (χ2v) is 4.08. The number of methoxy groups -OCH3 is 2. The van der Waals surface area contributed by atoms with E-state index in [0.717, 1.165) is 6.42 Å². The van der Waals surface area contributed by atoms with Gasteiger partial charge in [-0.2, -0.15) is 0 Å². The zero-order valence-electron chi connectivity index (χ0n) is 11.5. The van der Waals surface area contributed by atoms with Crippen molar-refractivity contribution in [3.05, 3.63) is 23.9 Å². The average Bonchev–Trinajstić information content (AvgIpc) is 2.42. The van der Waals surface area contributed by atoms with Gasteiger partial charge >= 0.3 is 0 Å². The van der Waals surface area contributed by atoms with Crippen molar-refractivity contribution in [3.8, 4) is 0 Å². The molecule has 1 amide bonds. The van der Waals surface area contributed by atoms with Crippen molar-refractivity contribution in [1.29, 1.82) is 0 Å². The minimum absolute atomic E-state index is 0.138. The molecule has 0 aromatic carbocycles. The number of carbonyl (C=O) groups is 1. The summed E-state index contributed by atoms with van der Waals surface area (Å²) in [6, 6.07) is 5.04. The number of carbonyl (C=O) groups excluding carboxylic acids is 1. The Morgan fingerprint density at radius 2 is 2.00 bits per heavy atom. The fraction of sp³-hybridized carbons (Fsp3) is 0.538. The lowest BCUT2D eigenvalue weighted by Crippen LogP contribution is -2.35. The number of nitrogens with zero attached hydrogens (tertiary/aromatic N) is 2. The average molecular weight is 267 g/mol. The van der Waals surface area contributed by atoms with Crippen molar-refractivity contribution in [2.45, 2.75) is 6.42 Å². The van der Waals surface area contributed by atoms with Gasteiger partial charge in [-0.25, -0.2) is 4.98 Å². The molecule has 0 atom stereocenters. The fourth-order valence-corrected chi connectivity index (χ4v) is 1.65. The van der Waals surface area contributed by atoms with Gasteiger partial charge in [0.25, 0.3) is 5.91 Å². The van der Waals surface area contributed by atoms with E-state index in [-0.39, 0.29) is 5.91 Å². The molecule has 0 radical (unpaired) electrons. The van der Waals surface area contributed by atoms with Crippen LogP contribution in [0.25, 0.3) is 0 Å². The minimum atomic E-state index is -0.138. The number of anilines is 1. The predicted octanol–water partition coefficient (Wildman–Crippen LogP) is 0.789. The number of pyridine rings is 1. The first kappa shape index (κ1) is 15.4. The molecule has 6 nitrogen and oxygen atoms in total. The summed E-state index contributed by atoms with van der Waals surface area (Å²) in [4.78, 5) is 18.1. The number of rotatable bonds is 8. The number of nitrogens with two attached hydrogens (primary N) is 1. The maximum atomic E-state index is 12.3. The summed E-state index contributed by atoms with van der Waals surface area (Å²) in [6.45, 7) is 2.23. The molecule has 0 fully saturated rings. The Morgan fingerprint density at radius 3 is 2.63 bits per heavy atom. The molecule has 1 rings (SSSR count). The van der Waals surface area contributed by atoms with Crippen LogP contribution < -0.4 is 5.73 Å². The van der Waals surface area contributed by atoms with Crippen LogP contribution in [0.15, 0.2) is 18.2 Å². The Bertz CT molecular complexity index is 398. The smallest absolute Gasteiger partial charge is 0.272 e. The Hall–Kier alpha value is -1.66. The summed E-state index contributed by atoms with van der Waals surface area (Å²) in [5.41, 5.74) is 5.95. The molecule has 106 valence electrons. The first-order valence-corrected chi connectivity index (χ1v) is 6.18. The van der Waals surface area contributed by atoms with Crippen molar-refractivity contribution >= 4 is 11.7 Å². The number of aromatic nitrogens is 1. The van der Waals surface area contributed by atoms with E-state index in [1.54, 1.807) is 37.3 Å². The molecule has 0 bridgehead atoms. The lowest BCUT2D eigenvalue weighted by atomic mass is 10.3. The van der Waals surface area contributed by atoms with Gasteiger partial charge in [0.2, 0.25) is 0 Å². The maximum Gasteiger partial charge on any atom is 0.272 e. The lowest BCUT2D eigenvalue weighted by molar-refractivity contribution is 0.0668. The highest BCUT2D eigenvalue weighted by Gasteiger charge is 2.16. The highest BCUT2D eigenvalue weighted by Crippen LogP contribution is 2.06. The normalized spacial score (nSPS) is 10.4. The van der Waals surface area contributed by atoms with Gasteiger partial charge in [-0.3, -0.25) is 4.79 Å². The molecule has 0 aliphatic rings. The molecule has 0 saturated carbocycles. The van der Waals surface area contributed by atoms with Crippen LogP contribution in [0.2, 0.25) is 0 Å². The van der Waals surface area contributed by atoms with Crippen LogP contribution in [0.3, 0.4) is 0 Å². The highest BCUT2D eigenvalue weighted by atomic mass is 16.5. The van der Waals surface area contributed by atoms with Gasteiger partial charge in [0, 0.05) is 33.9 Å². The summed E-state index contributed by atoms with van der Waals surface area (Å²) < 4.78 is 10.0. The van der Waals surface area contributed by atoms with Crippen molar-refractivity contribution in [3.63, 3.8) is 0 Å². The monoisotopic (exact) mass is 267 g/mol. The van der Waals surface area contributed by atoms with E-state index in [9.17, 15) is 4.79 Å². The molecule has 0 spiro atoms. The zero-order chi connectivity index (χ0) is 14.1. The Labute approximate surface area is 113 Å². The quantitative estimate of drug-likeness (QED) is 0.705. The molecule has 1 aromatic rings. The molecule has 2 N–H and O–H groups in total. The number of hydrogen-bond acceptors (Lipinski definition) is 5. The number of ether oxygens (including phenoxy) is 2. The molecule has 1 heterocycles. The molecule has 0 unspecified atom stereocenters. The largest absolute Gasteiger partial charge is 0.385 e. The first-order valence-electron chi connectivity index (χ1n) is 6.18. The summed E-state index contributed by atoms with van der Waals surface area (Å²) >= 11 is 0. The van der Waals surface area contributed by atoms with Gasteiger partial charge in [-0.15, -0.1) is 0 Å². The van der Waals surface area contributed by atoms with Crippen molar-refractivity contribution in [1.82, 2.24) is 9.88 Å². The van der Waals surface area contributed by atoms with E-state index in [4.69, 9.17) is 15.2 Å². The van der Waals surface area contributed by atoms with E-state index in [1.165, 1.54) is 0 Å². The van der Waals surface area contributed by atoms with E-state index in [2.05, 4.69) is 4.98 Å². The van der Waals surface area contributed by atoms with E-state index >= 15 is 0 Å². The molecule has 0 aliphatic carbocycles. The molecule has 19 heavy (non-hydrogen) atoms. The molecule has 6 heteroatoms. The Morgan fingerprint density at radius 1 is 1.26 bits per heavy atom. The molecular weight excluding hydrogens is 246 g/mol. The van der Waals surface area contributed by atoms with E-state index < -0.39 is 0 Å². The van der Waals surface area contributed by atoms with Crippen LogP contribution in [0.5, 0.6) is 0 Å². The van der Waals surface area contributed by atoms with Crippen LogP contribution in [-0.4, -0.2) is 56.3 Å². The van der Waals surface area contributed by atoms with Gasteiger partial charge in [-0.05, 0) is 18.6 Å². The van der Waals surface area contributed by atoms with Crippen molar-refractivity contribution in [2.75, 3.05) is 46.3 Å². The Balaban J connectivity index is 2.69. The van der Waals surface area contributed by atoms with Crippen LogP contribution in [0.1, 0.15) is 16.9 Å². The van der Waals surface area contributed by atoms with Crippen molar-refractivity contribution in [2.24, 2.45) is 0 Å². The van der Waals surface area contributed by atoms with Gasteiger partial charge in [0.15, 0.2) is 0 Å². The first-order chi connectivity index (χ1) is 9.19. The third-order valence-corrected chi connectivity index (χ3v) is 2.62. The number of hydrogen-bond donors (Lipinski definition) is 1. The van der Waals surface area contributed by atoms with E-state index in [0.29, 0.717) is 37.8 Å². The third kappa shape index (κ3) is 5.23. The molecular formula is C13H21N3O3.